The maximum atomic E-state index is 13.3. The van der Waals surface area contributed by atoms with E-state index in [1.54, 1.807) is 13.8 Å². The molecule has 0 unspecified atom stereocenters. The summed E-state index contributed by atoms with van der Waals surface area (Å²) in [5, 5.41) is 20.9. The van der Waals surface area contributed by atoms with Crippen LogP contribution in [-0.4, -0.2) is 51.7 Å². The maximum Gasteiger partial charge on any atom is 0.359 e. The summed E-state index contributed by atoms with van der Waals surface area (Å²) in [4.78, 5) is 38.7. The van der Waals surface area contributed by atoms with Crippen molar-refractivity contribution < 1.29 is 29.0 Å². The Hall–Kier alpha value is -3.51. The molecule has 4 rings (SSSR count). The van der Waals surface area contributed by atoms with Gasteiger partial charge in [-0.3, -0.25) is 4.79 Å². The molecule has 1 aliphatic rings. The van der Waals surface area contributed by atoms with Crippen molar-refractivity contribution in [3.8, 4) is 11.6 Å². The van der Waals surface area contributed by atoms with E-state index < -0.39 is 23.7 Å². The Morgan fingerprint density at radius 2 is 1.36 bits per heavy atom. The second-order valence-corrected chi connectivity index (χ2v) is 11.3. The Morgan fingerprint density at radius 1 is 0.822 bits per heavy atom. The van der Waals surface area contributed by atoms with E-state index in [9.17, 15) is 19.5 Å². The Labute approximate surface area is 286 Å². The van der Waals surface area contributed by atoms with E-state index in [1.165, 1.54) is 54.6 Å². The molecule has 1 amide bonds. The second-order valence-electron chi connectivity index (χ2n) is 8.76. The molecule has 0 fully saturated rings. The lowest BCUT2D eigenvalue weighted by atomic mass is 10.1. The molecule has 10 nitrogen and oxygen atoms in total. The molecule has 16 heteroatoms. The van der Waals surface area contributed by atoms with E-state index in [2.05, 4.69) is 10.2 Å². The summed E-state index contributed by atoms with van der Waals surface area (Å²) in [5.41, 5.74) is -0.525. The Balaban J connectivity index is 1.70. The van der Waals surface area contributed by atoms with Gasteiger partial charge in [0.05, 0.1) is 44.4 Å². The van der Waals surface area contributed by atoms with Crippen molar-refractivity contribution in [2.45, 2.75) is 13.8 Å². The van der Waals surface area contributed by atoms with Gasteiger partial charge in [-0.15, -0.1) is 0 Å². The number of aromatic nitrogens is 2. The first-order chi connectivity index (χ1) is 21.4. The molecule has 0 aliphatic carbocycles. The first kappa shape index (κ1) is 34.4. The van der Waals surface area contributed by atoms with Crippen LogP contribution in [0.2, 0.25) is 30.1 Å². The zero-order valence-electron chi connectivity index (χ0n) is 23.2. The quantitative estimate of drug-likeness (QED) is 0.134. The third kappa shape index (κ3) is 7.33. The SMILES string of the molecule is CCOC(=O)C1=NN(c2c(Cl)cc(Cl)cc2Cl)C(=O)C1=CC=CC=Cc1c(C(=O)OCC)nn(-c2c(Cl)cc(Cl)cc2Cl)c1O. The van der Waals surface area contributed by atoms with Gasteiger partial charge < -0.3 is 14.6 Å². The third-order valence-corrected chi connectivity index (χ3v) is 7.44. The van der Waals surface area contributed by atoms with Gasteiger partial charge in [-0.05, 0) is 50.3 Å². The van der Waals surface area contributed by atoms with Crippen molar-refractivity contribution in [1.29, 1.82) is 0 Å². The molecule has 2 heterocycles. The molecule has 0 bridgehead atoms. The van der Waals surface area contributed by atoms with Crippen LogP contribution in [0.15, 0.2) is 59.2 Å². The number of hydrazone groups is 1. The number of halogens is 6. The van der Waals surface area contributed by atoms with E-state index in [4.69, 9.17) is 79.1 Å². The van der Waals surface area contributed by atoms with Crippen LogP contribution in [0.4, 0.5) is 5.69 Å². The molecule has 0 radical (unpaired) electrons. The van der Waals surface area contributed by atoms with Crippen molar-refractivity contribution in [1.82, 2.24) is 9.78 Å². The van der Waals surface area contributed by atoms with E-state index >= 15 is 0 Å². The smallest absolute Gasteiger partial charge is 0.359 e. The molecule has 0 saturated carbocycles. The molecule has 3 aromatic rings. The van der Waals surface area contributed by atoms with E-state index in [0.29, 0.717) is 0 Å². The van der Waals surface area contributed by atoms with Crippen LogP contribution in [0.1, 0.15) is 29.9 Å². The van der Waals surface area contributed by atoms with Crippen molar-refractivity contribution in [3.05, 3.63) is 95.5 Å². The summed E-state index contributed by atoms with van der Waals surface area (Å²) in [6, 6.07) is 5.55. The molecule has 1 aromatic heterocycles. The number of amides is 1. The number of rotatable bonds is 9. The average Bonchev–Trinajstić information content (AvgIpc) is 3.44. The van der Waals surface area contributed by atoms with Crippen LogP contribution in [0.5, 0.6) is 5.88 Å². The standard InChI is InChI=1S/C29H20Cl6N4O6/c1-3-44-28(42)22-16(26(40)38(36-22)24-18(32)10-14(30)11-19(24)33)8-6-5-7-9-17-23(29(43)45-4-2)37-39(27(17)41)25-20(34)12-15(31)13-21(25)35/h5-13,40H,3-4H2,1-2H3. The predicted octanol–water partition coefficient (Wildman–Crippen LogP) is 8.14. The summed E-state index contributed by atoms with van der Waals surface area (Å²) >= 11 is 37.2. The molecule has 1 aliphatic heterocycles. The number of anilines is 1. The minimum Gasteiger partial charge on any atom is -0.493 e. The maximum absolute atomic E-state index is 13.3. The zero-order valence-corrected chi connectivity index (χ0v) is 27.7. The number of ether oxygens (including phenoxy) is 2. The number of carbonyl (C=O) groups is 3. The molecule has 45 heavy (non-hydrogen) atoms. The summed E-state index contributed by atoms with van der Waals surface area (Å²) < 4.78 is 11.1. The highest BCUT2D eigenvalue weighted by Crippen LogP contribution is 2.40. The van der Waals surface area contributed by atoms with Gasteiger partial charge in [0.1, 0.15) is 11.4 Å². The van der Waals surface area contributed by atoms with Crippen LogP contribution in [-0.2, 0) is 19.1 Å². The summed E-state index contributed by atoms with van der Waals surface area (Å²) in [5.74, 6) is -2.84. The lowest BCUT2D eigenvalue weighted by Gasteiger charge is -2.15. The topological polar surface area (TPSA) is 123 Å². The lowest BCUT2D eigenvalue weighted by molar-refractivity contribution is -0.135. The first-order valence-corrected chi connectivity index (χ1v) is 15.1. The Morgan fingerprint density at radius 3 is 1.91 bits per heavy atom. The molecule has 0 spiro atoms. The van der Waals surface area contributed by atoms with Crippen LogP contribution < -0.4 is 5.01 Å². The molecule has 0 saturated heterocycles. The van der Waals surface area contributed by atoms with Crippen LogP contribution >= 0.6 is 69.6 Å². The Bertz CT molecular complexity index is 1790. The summed E-state index contributed by atoms with van der Waals surface area (Å²) in [6.07, 6.45) is 7.02. The van der Waals surface area contributed by atoms with Gasteiger partial charge in [0.15, 0.2) is 11.4 Å². The van der Waals surface area contributed by atoms with Crippen molar-refractivity contribution in [3.63, 3.8) is 0 Å². The number of aromatic hydroxyl groups is 1. The highest BCUT2D eigenvalue weighted by Gasteiger charge is 2.37. The van der Waals surface area contributed by atoms with Crippen LogP contribution in [0, 0.1) is 0 Å². The number of benzene rings is 2. The average molecular weight is 733 g/mol. The number of esters is 2. The number of hydrogen-bond donors (Lipinski definition) is 1. The number of carbonyl (C=O) groups excluding carboxylic acids is 3. The largest absolute Gasteiger partial charge is 0.493 e. The molecule has 2 aromatic carbocycles. The summed E-state index contributed by atoms with van der Waals surface area (Å²) in [7, 11) is 0. The fourth-order valence-electron chi connectivity index (χ4n) is 3.99. The van der Waals surface area contributed by atoms with E-state index in [-0.39, 0.29) is 77.3 Å². The van der Waals surface area contributed by atoms with Crippen molar-refractivity contribution in [2.24, 2.45) is 5.10 Å². The fourth-order valence-corrected chi connectivity index (χ4v) is 5.94. The monoisotopic (exact) mass is 730 g/mol. The van der Waals surface area contributed by atoms with Gasteiger partial charge in [0, 0.05) is 10.0 Å². The Kier molecular flexibility index (Phi) is 11.2. The first-order valence-electron chi connectivity index (χ1n) is 12.8. The number of nitrogens with zero attached hydrogens (tertiary/aromatic N) is 4. The molecular formula is C29H20Cl6N4O6. The molecule has 1 N–H and O–H groups in total. The minimum absolute atomic E-state index is 0.0169. The molecule has 0 atom stereocenters. The van der Waals surface area contributed by atoms with Gasteiger partial charge in [0.2, 0.25) is 5.88 Å². The van der Waals surface area contributed by atoms with Gasteiger partial charge in [-0.1, -0.05) is 87.8 Å². The highest BCUT2D eigenvalue weighted by molar-refractivity contribution is 6.54. The van der Waals surface area contributed by atoms with Crippen molar-refractivity contribution in [2.75, 3.05) is 18.2 Å². The minimum atomic E-state index is -0.847. The van der Waals surface area contributed by atoms with Crippen LogP contribution in [0.3, 0.4) is 0 Å². The molecule has 234 valence electrons. The zero-order chi connectivity index (χ0) is 33.0. The van der Waals surface area contributed by atoms with Crippen LogP contribution in [0.25, 0.3) is 11.8 Å². The normalized spacial score (nSPS) is 14.2. The van der Waals surface area contributed by atoms with Gasteiger partial charge in [-0.25, -0.2) is 9.59 Å². The second kappa shape index (κ2) is 14.7. The predicted molar refractivity (Wildman–Crippen MR) is 175 cm³/mol. The lowest BCUT2D eigenvalue weighted by Crippen LogP contribution is -2.23. The van der Waals surface area contributed by atoms with E-state index in [1.807, 2.05) is 0 Å². The van der Waals surface area contributed by atoms with Gasteiger partial charge >= 0.3 is 11.9 Å². The highest BCUT2D eigenvalue weighted by atomic mass is 35.5. The fraction of sp³-hybridized carbons (Fsp3) is 0.138. The van der Waals surface area contributed by atoms with Gasteiger partial charge in [0.25, 0.3) is 5.91 Å². The summed E-state index contributed by atoms with van der Waals surface area (Å²) in [6.45, 7) is 3.30. The van der Waals surface area contributed by atoms with Crippen molar-refractivity contribution >= 4 is 105 Å². The number of allylic oxidation sites excluding steroid dienone is 4. The third-order valence-electron chi connectivity index (χ3n) is 5.85. The molecular weight excluding hydrogens is 713 g/mol. The van der Waals surface area contributed by atoms with E-state index in [0.717, 1.165) is 9.69 Å². The van der Waals surface area contributed by atoms with Gasteiger partial charge in [-0.2, -0.15) is 19.9 Å². The number of hydrogen-bond acceptors (Lipinski definition) is 8.